The van der Waals surface area contributed by atoms with Crippen molar-refractivity contribution in [1.82, 2.24) is 4.90 Å². The second-order valence-electron chi connectivity index (χ2n) is 3.63. The van der Waals surface area contributed by atoms with Gasteiger partial charge < -0.3 is 19.5 Å². The van der Waals surface area contributed by atoms with Gasteiger partial charge in [0.05, 0.1) is 32.3 Å². The van der Waals surface area contributed by atoms with E-state index in [2.05, 4.69) is 4.74 Å². The molecule has 1 fully saturated rings. The molecule has 1 rings (SSSR count). The molecule has 0 aliphatic carbocycles. The number of nitrogens with zero attached hydrogens (tertiary/aromatic N) is 1. The number of β-amino-alcohol motifs (C(OH)–C–C–N with tert-alkyl or cyclic N) is 1. The van der Waals surface area contributed by atoms with E-state index in [0.29, 0.717) is 19.6 Å². The minimum atomic E-state index is -0.883. The third-order valence-corrected chi connectivity index (χ3v) is 2.60. The Labute approximate surface area is 94.1 Å². The van der Waals surface area contributed by atoms with Crippen molar-refractivity contribution in [2.24, 2.45) is 5.92 Å². The predicted octanol–water partition coefficient (Wildman–Crippen LogP) is -0.00130. The summed E-state index contributed by atoms with van der Waals surface area (Å²) in [5.74, 6) is -0.944. The van der Waals surface area contributed by atoms with Gasteiger partial charge in [-0.3, -0.25) is 4.79 Å². The van der Waals surface area contributed by atoms with Gasteiger partial charge in [0, 0.05) is 6.54 Å². The van der Waals surface area contributed by atoms with E-state index in [-0.39, 0.29) is 6.54 Å². The van der Waals surface area contributed by atoms with Crippen LogP contribution in [0, 0.1) is 5.92 Å². The molecule has 0 radical (unpaired) electrons. The zero-order chi connectivity index (χ0) is 12.1. The maximum atomic E-state index is 11.4. The summed E-state index contributed by atoms with van der Waals surface area (Å²) in [4.78, 5) is 24.0. The van der Waals surface area contributed by atoms with Crippen LogP contribution >= 0.6 is 0 Å². The first-order chi connectivity index (χ1) is 7.60. The summed E-state index contributed by atoms with van der Waals surface area (Å²) in [6, 6.07) is 0. The summed E-state index contributed by atoms with van der Waals surface area (Å²) in [7, 11) is 1.28. The molecule has 1 saturated heterocycles. The molecule has 2 atom stereocenters. The summed E-state index contributed by atoms with van der Waals surface area (Å²) in [5, 5.41) is 9.73. The van der Waals surface area contributed by atoms with Crippen LogP contribution in [0.2, 0.25) is 0 Å². The molecular formula is C10H17NO5. The summed E-state index contributed by atoms with van der Waals surface area (Å²) < 4.78 is 9.38. The van der Waals surface area contributed by atoms with E-state index in [0.717, 1.165) is 0 Å². The van der Waals surface area contributed by atoms with Gasteiger partial charge in [0.2, 0.25) is 0 Å². The Bertz CT molecular complexity index is 268. The van der Waals surface area contributed by atoms with Crippen molar-refractivity contribution < 1.29 is 24.2 Å². The van der Waals surface area contributed by atoms with Gasteiger partial charge in [-0.25, -0.2) is 4.79 Å². The first-order valence-electron chi connectivity index (χ1n) is 5.27. The first kappa shape index (κ1) is 12.8. The lowest BCUT2D eigenvalue weighted by molar-refractivity contribution is -0.154. The second-order valence-corrected chi connectivity index (χ2v) is 3.63. The molecule has 2 unspecified atom stereocenters. The SMILES string of the molecule is CCOC(=O)C1CCN(C(=O)OC)CC1O. The highest BCUT2D eigenvalue weighted by Crippen LogP contribution is 2.19. The number of aliphatic hydroxyl groups is 1. The molecule has 1 N–H and O–H groups in total. The number of hydrogen-bond acceptors (Lipinski definition) is 5. The van der Waals surface area contributed by atoms with Gasteiger partial charge in [-0.05, 0) is 13.3 Å². The van der Waals surface area contributed by atoms with Crippen LogP contribution in [0.1, 0.15) is 13.3 Å². The lowest BCUT2D eigenvalue weighted by atomic mass is 9.94. The molecule has 0 aromatic carbocycles. The van der Waals surface area contributed by atoms with E-state index in [9.17, 15) is 14.7 Å². The molecule has 0 saturated carbocycles. The second kappa shape index (κ2) is 5.69. The van der Waals surface area contributed by atoms with E-state index in [1.807, 2.05) is 0 Å². The molecule has 16 heavy (non-hydrogen) atoms. The van der Waals surface area contributed by atoms with Gasteiger partial charge in [0.25, 0.3) is 0 Å². The van der Waals surface area contributed by atoms with Crippen LogP contribution in [0.15, 0.2) is 0 Å². The molecule has 6 nitrogen and oxygen atoms in total. The highest BCUT2D eigenvalue weighted by Gasteiger charge is 2.35. The van der Waals surface area contributed by atoms with Crippen LogP contribution in [-0.2, 0) is 14.3 Å². The number of amides is 1. The standard InChI is InChI=1S/C10H17NO5/c1-3-16-9(13)7-4-5-11(6-8(7)12)10(14)15-2/h7-8,12H,3-6H2,1-2H3. The van der Waals surface area contributed by atoms with Crippen molar-refractivity contribution in [3.05, 3.63) is 0 Å². The average molecular weight is 231 g/mol. The molecular weight excluding hydrogens is 214 g/mol. The topological polar surface area (TPSA) is 76.1 Å². The largest absolute Gasteiger partial charge is 0.466 e. The van der Waals surface area contributed by atoms with Crippen molar-refractivity contribution in [3.8, 4) is 0 Å². The number of ether oxygens (including phenoxy) is 2. The average Bonchev–Trinajstić information content (AvgIpc) is 2.28. The number of piperidine rings is 1. The Balaban J connectivity index is 2.52. The molecule has 0 bridgehead atoms. The Hall–Kier alpha value is -1.30. The maximum absolute atomic E-state index is 11.4. The fourth-order valence-electron chi connectivity index (χ4n) is 1.75. The van der Waals surface area contributed by atoms with Gasteiger partial charge in [-0.2, -0.15) is 0 Å². The number of hydrogen-bond donors (Lipinski definition) is 1. The number of likely N-dealkylation sites (tertiary alicyclic amines) is 1. The molecule has 0 aromatic heterocycles. The third kappa shape index (κ3) is 2.85. The van der Waals surface area contributed by atoms with Gasteiger partial charge in [-0.1, -0.05) is 0 Å². The minimum Gasteiger partial charge on any atom is -0.466 e. The predicted molar refractivity (Wildman–Crippen MR) is 54.7 cm³/mol. The molecule has 1 amide bonds. The number of esters is 1. The number of carbonyl (C=O) groups is 2. The van der Waals surface area contributed by atoms with Crippen molar-refractivity contribution in [1.29, 1.82) is 0 Å². The lowest BCUT2D eigenvalue weighted by Crippen LogP contribution is -2.49. The summed E-state index contributed by atoms with van der Waals surface area (Å²) >= 11 is 0. The zero-order valence-corrected chi connectivity index (χ0v) is 9.51. The molecule has 1 heterocycles. The highest BCUT2D eigenvalue weighted by atomic mass is 16.5. The quantitative estimate of drug-likeness (QED) is 0.677. The van der Waals surface area contributed by atoms with E-state index in [1.165, 1.54) is 12.0 Å². The Kier molecular flexibility index (Phi) is 4.54. The Morgan fingerprint density at radius 3 is 2.69 bits per heavy atom. The third-order valence-electron chi connectivity index (χ3n) is 2.60. The van der Waals surface area contributed by atoms with Crippen LogP contribution in [0.3, 0.4) is 0 Å². The highest BCUT2D eigenvalue weighted by molar-refractivity contribution is 5.74. The van der Waals surface area contributed by atoms with E-state index >= 15 is 0 Å². The fourth-order valence-corrected chi connectivity index (χ4v) is 1.75. The maximum Gasteiger partial charge on any atom is 0.409 e. The van der Waals surface area contributed by atoms with Crippen LogP contribution < -0.4 is 0 Å². The van der Waals surface area contributed by atoms with Gasteiger partial charge in [-0.15, -0.1) is 0 Å². The van der Waals surface area contributed by atoms with E-state index < -0.39 is 24.1 Å². The molecule has 1 aliphatic heterocycles. The van der Waals surface area contributed by atoms with Crippen molar-refractivity contribution in [2.75, 3.05) is 26.8 Å². The summed E-state index contributed by atoms with van der Waals surface area (Å²) in [5.41, 5.74) is 0. The first-order valence-corrected chi connectivity index (χ1v) is 5.27. The number of aliphatic hydroxyl groups excluding tert-OH is 1. The Morgan fingerprint density at radius 2 is 2.19 bits per heavy atom. The van der Waals surface area contributed by atoms with E-state index in [4.69, 9.17) is 4.74 Å². The summed E-state index contributed by atoms with van der Waals surface area (Å²) in [6.45, 7) is 2.51. The van der Waals surface area contributed by atoms with Crippen molar-refractivity contribution in [3.63, 3.8) is 0 Å². The number of rotatable bonds is 2. The number of methoxy groups -OCH3 is 1. The van der Waals surface area contributed by atoms with Crippen LogP contribution in [0.4, 0.5) is 4.79 Å². The smallest absolute Gasteiger partial charge is 0.409 e. The van der Waals surface area contributed by atoms with Gasteiger partial charge in [0.15, 0.2) is 0 Å². The van der Waals surface area contributed by atoms with Crippen molar-refractivity contribution >= 4 is 12.1 Å². The van der Waals surface area contributed by atoms with Crippen LogP contribution in [0.5, 0.6) is 0 Å². The van der Waals surface area contributed by atoms with Crippen molar-refractivity contribution in [2.45, 2.75) is 19.4 Å². The lowest BCUT2D eigenvalue weighted by Gasteiger charge is -2.33. The summed E-state index contributed by atoms with van der Waals surface area (Å²) in [6.07, 6.45) is -0.969. The zero-order valence-electron chi connectivity index (χ0n) is 9.51. The molecule has 6 heteroatoms. The Morgan fingerprint density at radius 1 is 1.50 bits per heavy atom. The van der Waals surface area contributed by atoms with Gasteiger partial charge in [0.1, 0.15) is 0 Å². The van der Waals surface area contributed by atoms with Crippen LogP contribution in [-0.4, -0.2) is 55.0 Å². The number of carbonyl (C=O) groups excluding carboxylic acids is 2. The van der Waals surface area contributed by atoms with Crippen LogP contribution in [0.25, 0.3) is 0 Å². The van der Waals surface area contributed by atoms with Gasteiger partial charge >= 0.3 is 12.1 Å². The molecule has 92 valence electrons. The normalized spacial score (nSPS) is 25.1. The fraction of sp³-hybridized carbons (Fsp3) is 0.800. The molecule has 1 aliphatic rings. The molecule has 0 aromatic rings. The van der Waals surface area contributed by atoms with E-state index in [1.54, 1.807) is 6.92 Å². The molecule has 0 spiro atoms. The minimum absolute atomic E-state index is 0.107. The monoisotopic (exact) mass is 231 g/mol.